The summed E-state index contributed by atoms with van der Waals surface area (Å²) in [6, 6.07) is 9.04. The van der Waals surface area contributed by atoms with E-state index in [-0.39, 0.29) is 0 Å². The summed E-state index contributed by atoms with van der Waals surface area (Å²) in [5.74, 6) is 0.717. The van der Waals surface area contributed by atoms with Gasteiger partial charge in [0.25, 0.3) is 0 Å². The maximum Gasteiger partial charge on any atom is 0.205 e. The van der Waals surface area contributed by atoms with Crippen molar-refractivity contribution in [3.8, 4) is 11.8 Å². The number of aromatic nitrogens is 2. The molecule has 92 valence electrons. The Morgan fingerprint density at radius 3 is 2.78 bits per heavy atom. The SMILES string of the molecule is CCNc1nnc(COc2ccc(C#N)cc2)s1. The Morgan fingerprint density at radius 1 is 1.33 bits per heavy atom. The molecule has 0 fully saturated rings. The van der Waals surface area contributed by atoms with Gasteiger partial charge in [0.05, 0.1) is 11.6 Å². The van der Waals surface area contributed by atoms with Crippen molar-refractivity contribution in [1.29, 1.82) is 5.26 Å². The first-order chi connectivity index (χ1) is 8.81. The predicted octanol–water partition coefficient (Wildman–Crippen LogP) is 2.42. The highest BCUT2D eigenvalue weighted by Gasteiger charge is 2.04. The molecule has 0 radical (unpaired) electrons. The van der Waals surface area contributed by atoms with Gasteiger partial charge in [0, 0.05) is 6.54 Å². The van der Waals surface area contributed by atoms with Crippen molar-refractivity contribution in [3.05, 3.63) is 34.8 Å². The third-order valence-corrected chi connectivity index (χ3v) is 3.00. The number of rotatable bonds is 5. The number of nitrogens with one attached hydrogen (secondary N) is 1. The zero-order valence-corrected chi connectivity index (χ0v) is 10.7. The minimum absolute atomic E-state index is 0.384. The lowest BCUT2D eigenvalue weighted by atomic mass is 10.2. The Bertz CT molecular complexity index is 544. The second kappa shape index (κ2) is 5.98. The maximum absolute atomic E-state index is 8.68. The molecule has 6 heteroatoms. The topological polar surface area (TPSA) is 70.8 Å². The fraction of sp³-hybridized carbons (Fsp3) is 0.250. The Labute approximate surface area is 109 Å². The van der Waals surface area contributed by atoms with E-state index >= 15 is 0 Å². The first-order valence-corrected chi connectivity index (χ1v) is 6.32. The van der Waals surface area contributed by atoms with Crippen LogP contribution in [0.15, 0.2) is 24.3 Å². The van der Waals surface area contributed by atoms with Gasteiger partial charge in [-0.05, 0) is 31.2 Å². The number of hydrogen-bond donors (Lipinski definition) is 1. The van der Waals surface area contributed by atoms with Crippen LogP contribution in [-0.4, -0.2) is 16.7 Å². The molecule has 2 aromatic rings. The van der Waals surface area contributed by atoms with Gasteiger partial charge in [-0.15, -0.1) is 10.2 Å². The van der Waals surface area contributed by atoms with Crippen LogP contribution in [0.2, 0.25) is 0 Å². The molecule has 0 aliphatic rings. The van der Waals surface area contributed by atoms with Crippen molar-refractivity contribution in [1.82, 2.24) is 10.2 Å². The molecule has 2 rings (SSSR count). The molecule has 0 unspecified atom stereocenters. The summed E-state index contributed by atoms with van der Waals surface area (Å²) in [7, 11) is 0. The van der Waals surface area contributed by atoms with Gasteiger partial charge in [0.15, 0.2) is 5.01 Å². The predicted molar refractivity (Wildman–Crippen MR) is 69.6 cm³/mol. The quantitative estimate of drug-likeness (QED) is 0.894. The zero-order valence-electron chi connectivity index (χ0n) is 9.88. The van der Waals surface area contributed by atoms with Gasteiger partial charge in [0.2, 0.25) is 5.13 Å². The van der Waals surface area contributed by atoms with Crippen LogP contribution < -0.4 is 10.1 Å². The highest BCUT2D eigenvalue weighted by molar-refractivity contribution is 7.15. The fourth-order valence-electron chi connectivity index (χ4n) is 1.31. The van der Waals surface area contributed by atoms with Crippen LogP contribution in [0.25, 0.3) is 0 Å². The van der Waals surface area contributed by atoms with Gasteiger partial charge in [-0.3, -0.25) is 0 Å². The summed E-state index contributed by atoms with van der Waals surface area (Å²) >= 11 is 1.47. The zero-order chi connectivity index (χ0) is 12.8. The summed E-state index contributed by atoms with van der Waals surface area (Å²) < 4.78 is 5.55. The van der Waals surface area contributed by atoms with Crippen molar-refractivity contribution < 1.29 is 4.74 Å². The molecule has 0 spiro atoms. The lowest BCUT2D eigenvalue weighted by Gasteiger charge is -2.02. The lowest BCUT2D eigenvalue weighted by molar-refractivity contribution is 0.304. The van der Waals surface area contributed by atoms with Crippen LogP contribution >= 0.6 is 11.3 Å². The molecule has 0 saturated heterocycles. The van der Waals surface area contributed by atoms with Crippen LogP contribution in [0.1, 0.15) is 17.5 Å². The molecule has 1 aromatic carbocycles. The van der Waals surface area contributed by atoms with Crippen molar-refractivity contribution in [2.24, 2.45) is 0 Å². The molecule has 0 amide bonds. The first kappa shape index (κ1) is 12.3. The molecule has 0 saturated carbocycles. The molecule has 0 aliphatic heterocycles. The van der Waals surface area contributed by atoms with Crippen LogP contribution in [-0.2, 0) is 6.61 Å². The van der Waals surface area contributed by atoms with E-state index in [1.54, 1.807) is 24.3 Å². The average Bonchev–Trinajstić information content (AvgIpc) is 2.85. The summed E-state index contributed by atoms with van der Waals surface area (Å²) in [6.07, 6.45) is 0. The Kier molecular flexibility index (Phi) is 4.10. The van der Waals surface area contributed by atoms with E-state index < -0.39 is 0 Å². The van der Waals surface area contributed by atoms with Gasteiger partial charge < -0.3 is 10.1 Å². The summed E-state index contributed by atoms with van der Waals surface area (Å²) in [5, 5.41) is 21.4. The highest BCUT2D eigenvalue weighted by Crippen LogP contribution is 2.18. The van der Waals surface area contributed by atoms with Gasteiger partial charge in [0.1, 0.15) is 12.4 Å². The second-order valence-electron chi connectivity index (χ2n) is 3.46. The smallest absolute Gasteiger partial charge is 0.205 e. The van der Waals surface area contributed by atoms with E-state index in [1.165, 1.54) is 11.3 Å². The molecule has 0 atom stereocenters. The molecule has 0 bridgehead atoms. The number of ether oxygens (including phenoxy) is 1. The average molecular weight is 260 g/mol. The molecular weight excluding hydrogens is 248 g/mol. The van der Waals surface area contributed by atoms with Crippen molar-refractivity contribution in [2.75, 3.05) is 11.9 Å². The van der Waals surface area contributed by atoms with E-state index in [1.807, 2.05) is 6.92 Å². The number of nitrogens with zero attached hydrogens (tertiary/aromatic N) is 3. The summed E-state index contributed by atoms with van der Waals surface area (Å²) in [6.45, 7) is 3.22. The largest absolute Gasteiger partial charge is 0.486 e. The van der Waals surface area contributed by atoms with Crippen LogP contribution in [0, 0.1) is 11.3 Å². The Morgan fingerprint density at radius 2 is 2.11 bits per heavy atom. The number of hydrogen-bond acceptors (Lipinski definition) is 6. The second-order valence-corrected chi connectivity index (χ2v) is 4.52. The van der Waals surface area contributed by atoms with Crippen LogP contribution in [0.4, 0.5) is 5.13 Å². The van der Waals surface area contributed by atoms with Crippen molar-refractivity contribution in [3.63, 3.8) is 0 Å². The third kappa shape index (κ3) is 3.18. The van der Waals surface area contributed by atoms with Crippen LogP contribution in [0.3, 0.4) is 0 Å². The summed E-state index contributed by atoms with van der Waals surface area (Å²) in [4.78, 5) is 0. The van der Waals surface area contributed by atoms with Crippen molar-refractivity contribution >= 4 is 16.5 Å². The van der Waals surface area contributed by atoms with E-state index in [9.17, 15) is 0 Å². The van der Waals surface area contributed by atoms with Gasteiger partial charge in [-0.1, -0.05) is 11.3 Å². The number of nitriles is 1. The van der Waals surface area contributed by atoms with Gasteiger partial charge in [-0.25, -0.2) is 0 Å². The highest BCUT2D eigenvalue weighted by atomic mass is 32.1. The van der Waals surface area contributed by atoms with E-state index in [0.717, 1.165) is 16.7 Å². The van der Waals surface area contributed by atoms with E-state index in [0.29, 0.717) is 17.9 Å². The first-order valence-electron chi connectivity index (χ1n) is 5.51. The molecular formula is C12H12N4OS. The van der Waals surface area contributed by atoms with Gasteiger partial charge in [-0.2, -0.15) is 5.26 Å². The Balaban J connectivity index is 1.91. The molecule has 5 nitrogen and oxygen atoms in total. The van der Waals surface area contributed by atoms with Crippen molar-refractivity contribution in [2.45, 2.75) is 13.5 Å². The molecule has 18 heavy (non-hydrogen) atoms. The third-order valence-electron chi connectivity index (χ3n) is 2.14. The fourth-order valence-corrected chi connectivity index (χ4v) is 2.03. The Hall–Kier alpha value is -2.13. The molecule has 1 aromatic heterocycles. The minimum atomic E-state index is 0.384. The molecule has 1 heterocycles. The minimum Gasteiger partial charge on any atom is -0.486 e. The van der Waals surface area contributed by atoms with E-state index in [2.05, 4.69) is 21.6 Å². The standard InChI is InChI=1S/C12H12N4OS/c1-2-14-12-16-15-11(18-12)8-17-10-5-3-9(7-13)4-6-10/h3-6H,2,8H2,1H3,(H,14,16). The van der Waals surface area contributed by atoms with Crippen LogP contribution in [0.5, 0.6) is 5.75 Å². The molecule has 0 aliphatic carbocycles. The monoisotopic (exact) mass is 260 g/mol. The maximum atomic E-state index is 8.68. The number of benzene rings is 1. The van der Waals surface area contributed by atoms with Gasteiger partial charge >= 0.3 is 0 Å². The lowest BCUT2D eigenvalue weighted by Crippen LogP contribution is -1.94. The molecule has 1 N–H and O–H groups in total. The number of anilines is 1. The van der Waals surface area contributed by atoms with E-state index in [4.69, 9.17) is 10.00 Å². The summed E-state index contributed by atoms with van der Waals surface area (Å²) in [5.41, 5.74) is 0.618. The normalized spacial score (nSPS) is 9.78.